The van der Waals surface area contributed by atoms with Crippen molar-refractivity contribution in [2.45, 2.75) is 33.1 Å². The Balaban J connectivity index is 2.01. The zero-order valence-electron chi connectivity index (χ0n) is 6.93. The average Bonchev–Trinajstić information content (AvgIpc) is 2.46. The molecule has 1 aliphatic carbocycles. The fraction of sp³-hybridized carbons (Fsp3) is 0.778. The van der Waals surface area contributed by atoms with Gasteiger partial charge in [0.15, 0.2) is 0 Å². The molecule has 0 heterocycles. The molecular formula is C9H17N. The van der Waals surface area contributed by atoms with Crippen molar-refractivity contribution >= 4 is 0 Å². The second-order valence-corrected chi connectivity index (χ2v) is 3.50. The number of hydrogen-bond donors (Lipinski definition) is 1. The van der Waals surface area contributed by atoms with E-state index in [-0.39, 0.29) is 0 Å². The van der Waals surface area contributed by atoms with Gasteiger partial charge in [-0.3, -0.25) is 0 Å². The highest BCUT2D eigenvalue weighted by Gasteiger charge is 2.30. The van der Waals surface area contributed by atoms with Crippen molar-refractivity contribution < 1.29 is 0 Å². The highest BCUT2D eigenvalue weighted by Crippen LogP contribution is 2.41. The Hall–Kier alpha value is -0.460. The average molecular weight is 139 g/mol. The maximum atomic E-state index is 5.49. The van der Waals surface area contributed by atoms with Crippen molar-refractivity contribution in [3.8, 4) is 0 Å². The van der Waals surface area contributed by atoms with Crippen LogP contribution in [-0.4, -0.2) is 0 Å². The molecule has 0 aliphatic heterocycles. The summed E-state index contributed by atoms with van der Waals surface area (Å²) in [6.07, 6.45) is 6.09. The smallest absolute Gasteiger partial charge is 0.000833 e. The molecule has 0 radical (unpaired) electrons. The minimum atomic E-state index is 0.966. The van der Waals surface area contributed by atoms with Crippen LogP contribution in [0.3, 0.4) is 0 Å². The van der Waals surface area contributed by atoms with Gasteiger partial charge in [-0.05, 0) is 38.0 Å². The summed E-state index contributed by atoms with van der Waals surface area (Å²) in [7, 11) is 0. The molecule has 1 heteroatoms. The van der Waals surface area contributed by atoms with Gasteiger partial charge in [-0.25, -0.2) is 0 Å². The minimum Gasteiger partial charge on any atom is -0.403 e. The van der Waals surface area contributed by atoms with E-state index in [9.17, 15) is 0 Å². The molecule has 1 nitrogen and oxygen atoms in total. The van der Waals surface area contributed by atoms with Crippen LogP contribution in [0.15, 0.2) is 11.8 Å². The fourth-order valence-corrected chi connectivity index (χ4v) is 1.33. The molecule has 2 atom stereocenters. The van der Waals surface area contributed by atoms with E-state index in [1.807, 2.05) is 6.92 Å². The molecule has 0 aromatic heterocycles. The molecule has 1 aliphatic rings. The Bertz CT molecular complexity index is 134. The van der Waals surface area contributed by atoms with Crippen molar-refractivity contribution in [1.82, 2.24) is 0 Å². The van der Waals surface area contributed by atoms with Gasteiger partial charge in [0.05, 0.1) is 0 Å². The second-order valence-electron chi connectivity index (χ2n) is 3.50. The molecule has 58 valence electrons. The van der Waals surface area contributed by atoms with Crippen LogP contribution >= 0.6 is 0 Å². The molecule has 10 heavy (non-hydrogen) atoms. The van der Waals surface area contributed by atoms with E-state index in [1.54, 1.807) is 0 Å². The number of allylic oxidation sites excluding steroid dienone is 2. The molecule has 0 aromatic carbocycles. The highest BCUT2D eigenvalue weighted by molar-refractivity contribution is 4.93. The van der Waals surface area contributed by atoms with Gasteiger partial charge in [-0.2, -0.15) is 0 Å². The molecule has 1 saturated carbocycles. The molecule has 2 N–H and O–H groups in total. The molecule has 0 amide bonds. The van der Waals surface area contributed by atoms with Gasteiger partial charge in [0.25, 0.3) is 0 Å². The lowest BCUT2D eigenvalue weighted by atomic mass is 10.2. The standard InChI is InChI=1S/C9H17N/c1-7-6-9(7)5-3-4-8(2)10/h4,7,9H,3,5-6,10H2,1-2H3/b8-4+. The zero-order chi connectivity index (χ0) is 7.56. The lowest BCUT2D eigenvalue weighted by Crippen LogP contribution is -1.89. The molecule has 0 bridgehead atoms. The normalized spacial score (nSPS) is 32.4. The Morgan fingerprint density at radius 2 is 2.30 bits per heavy atom. The molecule has 0 aromatic rings. The number of hydrogen-bond acceptors (Lipinski definition) is 1. The zero-order valence-corrected chi connectivity index (χ0v) is 6.93. The van der Waals surface area contributed by atoms with Crippen molar-refractivity contribution in [3.05, 3.63) is 11.8 Å². The first-order chi connectivity index (χ1) is 4.70. The topological polar surface area (TPSA) is 26.0 Å². The van der Waals surface area contributed by atoms with E-state index in [1.165, 1.54) is 19.3 Å². The second kappa shape index (κ2) is 3.09. The minimum absolute atomic E-state index is 0.966. The van der Waals surface area contributed by atoms with Crippen molar-refractivity contribution in [2.24, 2.45) is 17.6 Å². The fourth-order valence-electron chi connectivity index (χ4n) is 1.33. The van der Waals surface area contributed by atoms with Crippen LogP contribution in [0.5, 0.6) is 0 Å². The molecule has 0 saturated heterocycles. The largest absolute Gasteiger partial charge is 0.403 e. The van der Waals surface area contributed by atoms with Crippen molar-refractivity contribution in [3.63, 3.8) is 0 Å². The monoisotopic (exact) mass is 139 g/mol. The Morgan fingerprint density at radius 3 is 2.70 bits per heavy atom. The van der Waals surface area contributed by atoms with Crippen molar-refractivity contribution in [2.75, 3.05) is 0 Å². The van der Waals surface area contributed by atoms with Crippen LogP contribution in [0.2, 0.25) is 0 Å². The van der Waals surface area contributed by atoms with E-state index < -0.39 is 0 Å². The number of rotatable bonds is 3. The lowest BCUT2D eigenvalue weighted by molar-refractivity contribution is 0.682. The molecule has 1 rings (SSSR count). The third-order valence-electron chi connectivity index (χ3n) is 2.28. The first kappa shape index (κ1) is 7.64. The molecular weight excluding hydrogens is 122 g/mol. The van der Waals surface area contributed by atoms with E-state index in [0.29, 0.717) is 0 Å². The first-order valence-corrected chi connectivity index (χ1v) is 4.12. The Morgan fingerprint density at radius 1 is 1.70 bits per heavy atom. The van der Waals surface area contributed by atoms with Crippen LogP contribution in [0.1, 0.15) is 33.1 Å². The maximum absolute atomic E-state index is 5.49. The van der Waals surface area contributed by atoms with E-state index in [4.69, 9.17) is 5.73 Å². The van der Waals surface area contributed by atoms with Gasteiger partial charge in [-0.15, -0.1) is 0 Å². The van der Waals surface area contributed by atoms with Gasteiger partial charge in [0, 0.05) is 5.70 Å². The van der Waals surface area contributed by atoms with Crippen LogP contribution in [-0.2, 0) is 0 Å². The summed E-state index contributed by atoms with van der Waals surface area (Å²) in [5, 5.41) is 0. The Labute approximate surface area is 63.3 Å². The molecule has 2 unspecified atom stereocenters. The van der Waals surface area contributed by atoms with Crippen LogP contribution in [0, 0.1) is 11.8 Å². The van der Waals surface area contributed by atoms with Gasteiger partial charge in [0.1, 0.15) is 0 Å². The quantitative estimate of drug-likeness (QED) is 0.637. The van der Waals surface area contributed by atoms with E-state index >= 15 is 0 Å². The maximum Gasteiger partial charge on any atom is 0.000833 e. The summed E-state index contributed by atoms with van der Waals surface area (Å²) in [6.45, 7) is 4.28. The van der Waals surface area contributed by atoms with Gasteiger partial charge in [-0.1, -0.05) is 13.0 Å². The van der Waals surface area contributed by atoms with Gasteiger partial charge in [0.2, 0.25) is 0 Å². The van der Waals surface area contributed by atoms with Crippen LogP contribution in [0.25, 0.3) is 0 Å². The highest BCUT2D eigenvalue weighted by atomic mass is 14.5. The van der Waals surface area contributed by atoms with E-state index in [0.717, 1.165) is 17.5 Å². The number of nitrogens with two attached hydrogens (primary N) is 1. The third-order valence-corrected chi connectivity index (χ3v) is 2.28. The predicted octanol–water partition coefficient (Wildman–Crippen LogP) is 2.29. The van der Waals surface area contributed by atoms with Crippen LogP contribution in [0.4, 0.5) is 0 Å². The molecule has 0 spiro atoms. The van der Waals surface area contributed by atoms with Gasteiger partial charge < -0.3 is 5.73 Å². The van der Waals surface area contributed by atoms with E-state index in [2.05, 4.69) is 13.0 Å². The SMILES string of the molecule is C/C(N)=C\CCC1CC1C. The lowest BCUT2D eigenvalue weighted by Gasteiger charge is -1.92. The summed E-state index contributed by atoms with van der Waals surface area (Å²) in [6, 6.07) is 0. The Kier molecular flexibility index (Phi) is 2.36. The van der Waals surface area contributed by atoms with Gasteiger partial charge >= 0.3 is 0 Å². The summed E-state index contributed by atoms with van der Waals surface area (Å²) in [5.41, 5.74) is 6.46. The first-order valence-electron chi connectivity index (χ1n) is 4.12. The summed E-state index contributed by atoms with van der Waals surface area (Å²) in [5.74, 6) is 2.00. The van der Waals surface area contributed by atoms with Crippen LogP contribution < -0.4 is 5.73 Å². The third kappa shape index (κ3) is 2.42. The molecule has 1 fully saturated rings. The summed E-state index contributed by atoms with van der Waals surface area (Å²) < 4.78 is 0. The predicted molar refractivity (Wildman–Crippen MR) is 44.4 cm³/mol. The summed E-state index contributed by atoms with van der Waals surface area (Å²) >= 11 is 0. The summed E-state index contributed by atoms with van der Waals surface area (Å²) in [4.78, 5) is 0. The van der Waals surface area contributed by atoms with Crippen molar-refractivity contribution in [1.29, 1.82) is 0 Å².